The van der Waals surface area contributed by atoms with E-state index < -0.39 is 5.97 Å². The Balaban J connectivity index is 1.97. The summed E-state index contributed by atoms with van der Waals surface area (Å²) in [5, 5.41) is 3.17. The molecule has 0 aliphatic heterocycles. The van der Waals surface area contributed by atoms with Crippen LogP contribution in [0, 0.1) is 0 Å². The van der Waals surface area contributed by atoms with Crippen molar-refractivity contribution in [3.8, 4) is 0 Å². The molecule has 108 valence electrons. The van der Waals surface area contributed by atoms with Crippen molar-refractivity contribution in [1.82, 2.24) is 10.3 Å². The predicted octanol–water partition coefficient (Wildman–Crippen LogP) is 2.45. The lowest BCUT2D eigenvalue weighted by molar-refractivity contribution is 0.0600. The van der Waals surface area contributed by atoms with Crippen LogP contribution in [0.25, 0.3) is 0 Å². The quantitative estimate of drug-likeness (QED) is 0.696. The third-order valence-corrected chi connectivity index (χ3v) is 3.03. The number of carbonyl (C=O) groups excluding carboxylic acids is 2. The Kier molecular flexibility index (Phi) is 4.90. The van der Waals surface area contributed by atoms with E-state index in [4.69, 9.17) is 11.6 Å². The summed E-state index contributed by atoms with van der Waals surface area (Å²) in [4.78, 5) is 27.2. The summed E-state index contributed by atoms with van der Waals surface area (Å²) in [7, 11) is 1.31. The standard InChI is InChI=1S/C15H13ClN2O3/c1-21-15(20)12-5-3-11(4-6-12)14(19)18-9-10-2-7-13(16)17-8-10/h2-8H,9H2,1H3,(H,18,19). The van der Waals surface area contributed by atoms with E-state index in [9.17, 15) is 9.59 Å². The second-order valence-corrected chi connectivity index (χ2v) is 4.63. The van der Waals surface area contributed by atoms with Gasteiger partial charge in [-0.2, -0.15) is 0 Å². The van der Waals surface area contributed by atoms with E-state index in [0.717, 1.165) is 5.56 Å². The van der Waals surface area contributed by atoms with Crippen molar-refractivity contribution in [2.24, 2.45) is 0 Å². The van der Waals surface area contributed by atoms with Crippen LogP contribution in [0.15, 0.2) is 42.6 Å². The van der Waals surface area contributed by atoms with Gasteiger partial charge in [0.2, 0.25) is 0 Å². The van der Waals surface area contributed by atoms with Crippen molar-refractivity contribution in [1.29, 1.82) is 0 Å². The molecule has 0 aliphatic carbocycles. The summed E-state index contributed by atoms with van der Waals surface area (Å²) in [6, 6.07) is 9.68. The van der Waals surface area contributed by atoms with E-state index >= 15 is 0 Å². The van der Waals surface area contributed by atoms with Crippen LogP contribution in [0.3, 0.4) is 0 Å². The largest absolute Gasteiger partial charge is 0.465 e. The molecule has 0 bridgehead atoms. The third-order valence-electron chi connectivity index (χ3n) is 2.81. The number of nitrogens with one attached hydrogen (secondary N) is 1. The van der Waals surface area contributed by atoms with Gasteiger partial charge in [-0.1, -0.05) is 17.7 Å². The van der Waals surface area contributed by atoms with E-state index in [1.54, 1.807) is 42.6 Å². The first-order chi connectivity index (χ1) is 10.1. The third kappa shape index (κ3) is 4.03. The molecule has 2 aromatic rings. The van der Waals surface area contributed by atoms with E-state index in [1.807, 2.05) is 0 Å². The molecular formula is C15H13ClN2O3. The van der Waals surface area contributed by atoms with Gasteiger partial charge in [-0.25, -0.2) is 9.78 Å². The molecule has 0 saturated heterocycles. The van der Waals surface area contributed by atoms with Gasteiger partial charge in [-0.05, 0) is 35.9 Å². The fourth-order valence-electron chi connectivity index (χ4n) is 1.67. The van der Waals surface area contributed by atoms with Crippen molar-refractivity contribution in [3.63, 3.8) is 0 Å². The fourth-order valence-corrected chi connectivity index (χ4v) is 1.78. The molecule has 5 nitrogen and oxygen atoms in total. The van der Waals surface area contributed by atoms with E-state index in [2.05, 4.69) is 15.0 Å². The highest BCUT2D eigenvalue weighted by molar-refractivity contribution is 6.29. The maximum Gasteiger partial charge on any atom is 0.337 e. The molecule has 0 saturated carbocycles. The number of ether oxygens (including phenoxy) is 1. The average molecular weight is 305 g/mol. The lowest BCUT2D eigenvalue weighted by atomic mass is 10.1. The zero-order valence-electron chi connectivity index (χ0n) is 11.3. The Labute approximate surface area is 126 Å². The van der Waals surface area contributed by atoms with Crippen LogP contribution < -0.4 is 5.32 Å². The Hall–Kier alpha value is -2.40. The van der Waals surface area contributed by atoms with Crippen LogP contribution >= 0.6 is 11.6 Å². The molecule has 0 unspecified atom stereocenters. The minimum atomic E-state index is -0.436. The number of pyridine rings is 1. The summed E-state index contributed by atoms with van der Waals surface area (Å²) in [5.41, 5.74) is 1.71. The van der Waals surface area contributed by atoms with Crippen molar-refractivity contribution in [3.05, 3.63) is 64.4 Å². The number of amides is 1. The molecule has 1 N–H and O–H groups in total. The molecule has 21 heavy (non-hydrogen) atoms. The second-order valence-electron chi connectivity index (χ2n) is 4.24. The molecule has 1 heterocycles. The van der Waals surface area contributed by atoms with Gasteiger partial charge in [0.15, 0.2) is 0 Å². The van der Waals surface area contributed by atoms with Crippen molar-refractivity contribution < 1.29 is 14.3 Å². The fraction of sp³-hybridized carbons (Fsp3) is 0.133. The summed E-state index contributed by atoms with van der Waals surface area (Å²) in [5.74, 6) is -0.671. The molecule has 1 aromatic carbocycles. The summed E-state index contributed by atoms with van der Waals surface area (Å²) < 4.78 is 4.59. The predicted molar refractivity (Wildman–Crippen MR) is 78.2 cm³/mol. The molecule has 0 aliphatic rings. The maximum atomic E-state index is 12.0. The summed E-state index contributed by atoms with van der Waals surface area (Å²) in [6.07, 6.45) is 1.60. The summed E-state index contributed by atoms with van der Waals surface area (Å²) in [6.45, 7) is 0.349. The molecule has 1 amide bonds. The van der Waals surface area contributed by atoms with Crippen LogP contribution in [0.2, 0.25) is 5.15 Å². The average Bonchev–Trinajstić information content (AvgIpc) is 2.53. The number of hydrogen-bond donors (Lipinski definition) is 1. The van der Waals surface area contributed by atoms with Gasteiger partial charge in [-0.15, -0.1) is 0 Å². The Morgan fingerprint density at radius 3 is 2.38 bits per heavy atom. The number of benzene rings is 1. The molecule has 0 atom stereocenters. The number of halogens is 1. The number of aromatic nitrogens is 1. The summed E-state index contributed by atoms with van der Waals surface area (Å²) >= 11 is 5.69. The van der Waals surface area contributed by atoms with Gasteiger partial charge in [0.05, 0.1) is 12.7 Å². The van der Waals surface area contributed by atoms with Crippen LogP contribution in [0.5, 0.6) is 0 Å². The Bertz CT molecular complexity index is 639. The zero-order valence-corrected chi connectivity index (χ0v) is 12.1. The lowest BCUT2D eigenvalue weighted by Crippen LogP contribution is -2.22. The number of nitrogens with zero attached hydrogens (tertiary/aromatic N) is 1. The molecule has 1 aromatic heterocycles. The number of esters is 1. The first kappa shape index (κ1) is 15.0. The number of methoxy groups -OCH3 is 1. The van der Waals surface area contributed by atoms with Gasteiger partial charge in [0.1, 0.15) is 5.15 Å². The van der Waals surface area contributed by atoms with Gasteiger partial charge < -0.3 is 10.1 Å². The monoisotopic (exact) mass is 304 g/mol. The van der Waals surface area contributed by atoms with E-state index in [0.29, 0.717) is 22.8 Å². The number of rotatable bonds is 4. The lowest BCUT2D eigenvalue weighted by Gasteiger charge is -2.06. The van der Waals surface area contributed by atoms with E-state index in [1.165, 1.54) is 7.11 Å². The Morgan fingerprint density at radius 2 is 1.81 bits per heavy atom. The number of hydrogen-bond acceptors (Lipinski definition) is 4. The molecule has 0 spiro atoms. The normalized spacial score (nSPS) is 10.0. The van der Waals surface area contributed by atoms with Crippen molar-refractivity contribution in [2.75, 3.05) is 7.11 Å². The number of carbonyl (C=O) groups is 2. The molecule has 0 radical (unpaired) electrons. The highest BCUT2D eigenvalue weighted by Crippen LogP contribution is 2.07. The van der Waals surface area contributed by atoms with Gasteiger partial charge in [0.25, 0.3) is 5.91 Å². The highest BCUT2D eigenvalue weighted by atomic mass is 35.5. The highest BCUT2D eigenvalue weighted by Gasteiger charge is 2.08. The van der Waals surface area contributed by atoms with Gasteiger partial charge >= 0.3 is 5.97 Å². The zero-order chi connectivity index (χ0) is 15.2. The van der Waals surface area contributed by atoms with Gasteiger partial charge in [0, 0.05) is 18.3 Å². The van der Waals surface area contributed by atoms with Crippen LogP contribution in [0.4, 0.5) is 0 Å². The molecule has 2 rings (SSSR count). The first-order valence-electron chi connectivity index (χ1n) is 6.17. The minimum absolute atomic E-state index is 0.235. The SMILES string of the molecule is COC(=O)c1ccc(C(=O)NCc2ccc(Cl)nc2)cc1. The van der Waals surface area contributed by atoms with Gasteiger partial charge in [-0.3, -0.25) is 4.79 Å². The van der Waals surface area contributed by atoms with Crippen LogP contribution in [0.1, 0.15) is 26.3 Å². The molecule has 6 heteroatoms. The van der Waals surface area contributed by atoms with Crippen molar-refractivity contribution >= 4 is 23.5 Å². The first-order valence-corrected chi connectivity index (χ1v) is 6.55. The van der Waals surface area contributed by atoms with Crippen LogP contribution in [-0.2, 0) is 11.3 Å². The van der Waals surface area contributed by atoms with Crippen molar-refractivity contribution in [2.45, 2.75) is 6.54 Å². The minimum Gasteiger partial charge on any atom is -0.465 e. The molecule has 0 fully saturated rings. The van der Waals surface area contributed by atoms with Crippen LogP contribution in [-0.4, -0.2) is 24.0 Å². The Morgan fingerprint density at radius 1 is 1.14 bits per heavy atom. The second kappa shape index (κ2) is 6.85. The maximum absolute atomic E-state index is 12.0. The topological polar surface area (TPSA) is 68.3 Å². The van der Waals surface area contributed by atoms with E-state index in [-0.39, 0.29) is 5.91 Å². The smallest absolute Gasteiger partial charge is 0.337 e. The molecular weight excluding hydrogens is 292 g/mol.